The Kier molecular flexibility index (Phi) is 5.03. The van der Waals surface area contributed by atoms with Crippen LogP contribution in [-0.2, 0) is 0 Å². The Hall–Kier alpha value is -2.92. The summed E-state index contributed by atoms with van der Waals surface area (Å²) in [6.07, 6.45) is -0.843. The van der Waals surface area contributed by atoms with E-state index in [4.69, 9.17) is 0 Å². The molecule has 0 spiro atoms. The van der Waals surface area contributed by atoms with E-state index in [0.717, 1.165) is 5.69 Å². The van der Waals surface area contributed by atoms with Crippen molar-refractivity contribution < 1.29 is 9.59 Å². The zero-order chi connectivity index (χ0) is 16.8. The number of amides is 1. The smallest absolute Gasteiger partial charge is 0.263 e. The second-order valence-electron chi connectivity index (χ2n) is 5.12. The van der Waals surface area contributed by atoms with E-state index >= 15 is 0 Å². The molecule has 0 saturated heterocycles. The van der Waals surface area contributed by atoms with Gasteiger partial charge in [-0.15, -0.1) is 11.3 Å². The first kappa shape index (κ1) is 16.0. The molecule has 0 unspecified atom stereocenters. The molecule has 1 atom stereocenters. The van der Waals surface area contributed by atoms with E-state index < -0.39 is 6.17 Å². The predicted molar refractivity (Wildman–Crippen MR) is 96.4 cm³/mol. The first-order valence-corrected chi connectivity index (χ1v) is 8.37. The molecule has 2 N–H and O–H groups in total. The normalized spacial score (nSPS) is 11.5. The predicted octanol–water partition coefficient (Wildman–Crippen LogP) is 3.80. The highest BCUT2D eigenvalue weighted by Gasteiger charge is 2.22. The van der Waals surface area contributed by atoms with E-state index in [-0.39, 0.29) is 11.7 Å². The molecule has 1 aromatic heterocycles. The van der Waals surface area contributed by atoms with E-state index in [0.29, 0.717) is 10.4 Å². The summed E-state index contributed by atoms with van der Waals surface area (Å²) < 4.78 is 0. The van der Waals surface area contributed by atoms with Crippen molar-refractivity contribution in [3.05, 3.63) is 88.6 Å². The minimum Gasteiger partial charge on any atom is -0.359 e. The number of hydrogen-bond acceptors (Lipinski definition) is 4. The molecule has 0 radical (unpaired) electrons. The molecule has 0 saturated carbocycles. The van der Waals surface area contributed by atoms with Crippen LogP contribution in [0.1, 0.15) is 20.0 Å². The summed E-state index contributed by atoms with van der Waals surface area (Å²) in [5.74, 6) is -0.466. The molecule has 2 aromatic carbocycles. The number of benzene rings is 2. The Balaban J connectivity index is 1.83. The van der Waals surface area contributed by atoms with Gasteiger partial charge in [-0.3, -0.25) is 9.59 Å². The summed E-state index contributed by atoms with van der Waals surface area (Å²) in [5, 5.41) is 7.70. The number of anilines is 1. The van der Waals surface area contributed by atoms with Gasteiger partial charge < -0.3 is 10.6 Å². The number of hydrogen-bond donors (Lipinski definition) is 2. The minimum absolute atomic E-state index is 0.190. The minimum atomic E-state index is -0.843. The second kappa shape index (κ2) is 7.57. The van der Waals surface area contributed by atoms with Crippen LogP contribution in [0.3, 0.4) is 0 Å². The average molecular weight is 336 g/mol. The summed E-state index contributed by atoms with van der Waals surface area (Å²) in [6.45, 7) is 0. The Morgan fingerprint density at radius 3 is 2.12 bits per heavy atom. The third-order valence-corrected chi connectivity index (χ3v) is 4.29. The average Bonchev–Trinajstić information content (AvgIpc) is 3.17. The van der Waals surface area contributed by atoms with Crippen LogP contribution in [-0.4, -0.2) is 17.9 Å². The van der Waals surface area contributed by atoms with Gasteiger partial charge in [0.05, 0.1) is 4.88 Å². The van der Waals surface area contributed by atoms with Crippen molar-refractivity contribution in [2.45, 2.75) is 6.17 Å². The zero-order valence-corrected chi connectivity index (χ0v) is 13.6. The van der Waals surface area contributed by atoms with Gasteiger partial charge in [0, 0.05) is 11.3 Å². The van der Waals surface area contributed by atoms with Gasteiger partial charge in [-0.25, -0.2) is 0 Å². The van der Waals surface area contributed by atoms with E-state index in [9.17, 15) is 9.59 Å². The number of carbonyl (C=O) groups is 2. The molecule has 0 aliphatic carbocycles. The molecule has 3 aromatic rings. The summed E-state index contributed by atoms with van der Waals surface area (Å²) >= 11 is 1.34. The van der Waals surface area contributed by atoms with Gasteiger partial charge in [0.25, 0.3) is 5.91 Å². The highest BCUT2D eigenvalue weighted by molar-refractivity contribution is 7.12. The molecule has 120 valence electrons. The zero-order valence-electron chi connectivity index (χ0n) is 12.8. The molecule has 0 aliphatic heterocycles. The fourth-order valence-corrected chi connectivity index (χ4v) is 2.87. The molecule has 0 aliphatic rings. The fraction of sp³-hybridized carbons (Fsp3) is 0.0526. The summed E-state index contributed by atoms with van der Waals surface area (Å²) in [6, 6.07) is 21.8. The molecule has 5 heteroatoms. The third kappa shape index (κ3) is 3.88. The highest BCUT2D eigenvalue weighted by Crippen LogP contribution is 2.13. The number of thiophene rings is 1. The lowest BCUT2D eigenvalue weighted by molar-refractivity contribution is 0.0872. The number of ketones is 1. The fourth-order valence-electron chi connectivity index (χ4n) is 2.25. The van der Waals surface area contributed by atoms with Gasteiger partial charge in [-0.1, -0.05) is 54.6 Å². The van der Waals surface area contributed by atoms with Crippen LogP contribution < -0.4 is 10.6 Å². The van der Waals surface area contributed by atoms with E-state index in [1.54, 1.807) is 36.4 Å². The van der Waals surface area contributed by atoms with Crippen molar-refractivity contribution in [2.75, 3.05) is 5.32 Å². The molecule has 0 fully saturated rings. The van der Waals surface area contributed by atoms with E-state index in [1.165, 1.54) is 11.3 Å². The van der Waals surface area contributed by atoms with Crippen LogP contribution in [0.15, 0.2) is 78.2 Å². The Morgan fingerprint density at radius 1 is 0.833 bits per heavy atom. The van der Waals surface area contributed by atoms with Crippen molar-refractivity contribution in [3.8, 4) is 0 Å². The van der Waals surface area contributed by atoms with Crippen LogP contribution in [0.2, 0.25) is 0 Å². The van der Waals surface area contributed by atoms with Crippen molar-refractivity contribution >= 4 is 28.7 Å². The van der Waals surface area contributed by atoms with Crippen LogP contribution in [0.5, 0.6) is 0 Å². The topological polar surface area (TPSA) is 58.2 Å². The summed E-state index contributed by atoms with van der Waals surface area (Å²) in [7, 11) is 0. The highest BCUT2D eigenvalue weighted by atomic mass is 32.1. The van der Waals surface area contributed by atoms with Crippen LogP contribution in [0.25, 0.3) is 0 Å². The largest absolute Gasteiger partial charge is 0.359 e. The van der Waals surface area contributed by atoms with Gasteiger partial charge >= 0.3 is 0 Å². The van der Waals surface area contributed by atoms with E-state index in [1.807, 2.05) is 41.8 Å². The maximum Gasteiger partial charge on any atom is 0.263 e. The first-order valence-electron chi connectivity index (χ1n) is 7.49. The SMILES string of the molecule is O=C(N[C@H](Nc1ccccc1)C(=O)c1ccccc1)c1cccs1. The Morgan fingerprint density at radius 2 is 1.50 bits per heavy atom. The van der Waals surface area contributed by atoms with Crippen LogP contribution in [0.4, 0.5) is 5.69 Å². The lowest BCUT2D eigenvalue weighted by Crippen LogP contribution is -2.46. The third-order valence-electron chi connectivity index (χ3n) is 3.43. The lowest BCUT2D eigenvalue weighted by Gasteiger charge is -2.20. The monoisotopic (exact) mass is 336 g/mol. The van der Waals surface area contributed by atoms with Crippen LogP contribution >= 0.6 is 11.3 Å². The standard InChI is InChI=1S/C19H16N2O2S/c22-17(14-8-3-1-4-9-14)18(20-15-10-5-2-6-11-15)21-19(23)16-12-7-13-24-16/h1-13,18,20H,(H,21,23)/t18-/m0/s1. The van der Waals surface area contributed by atoms with Gasteiger partial charge in [0.1, 0.15) is 0 Å². The van der Waals surface area contributed by atoms with Crippen molar-refractivity contribution in [2.24, 2.45) is 0 Å². The maximum absolute atomic E-state index is 12.8. The first-order chi connectivity index (χ1) is 11.7. The Bertz CT molecular complexity index is 802. The molecule has 4 nitrogen and oxygen atoms in total. The van der Waals surface area contributed by atoms with E-state index in [2.05, 4.69) is 10.6 Å². The van der Waals surface area contributed by atoms with Gasteiger partial charge in [-0.05, 0) is 23.6 Å². The van der Waals surface area contributed by atoms with Crippen molar-refractivity contribution in [1.29, 1.82) is 0 Å². The van der Waals surface area contributed by atoms with Gasteiger partial charge in [0.15, 0.2) is 6.17 Å². The summed E-state index contributed by atoms with van der Waals surface area (Å²) in [5.41, 5.74) is 1.30. The number of Topliss-reactive ketones (excluding diaryl/α,β-unsaturated/α-hetero) is 1. The Labute approximate surface area is 144 Å². The summed E-state index contributed by atoms with van der Waals surface area (Å²) in [4.78, 5) is 25.7. The number of rotatable bonds is 6. The number of para-hydroxylation sites is 1. The van der Waals surface area contributed by atoms with Gasteiger partial charge in [0.2, 0.25) is 5.78 Å². The van der Waals surface area contributed by atoms with Crippen molar-refractivity contribution in [1.82, 2.24) is 5.32 Å². The second-order valence-corrected chi connectivity index (χ2v) is 6.07. The molecule has 24 heavy (non-hydrogen) atoms. The van der Waals surface area contributed by atoms with Crippen molar-refractivity contribution in [3.63, 3.8) is 0 Å². The number of carbonyl (C=O) groups excluding carboxylic acids is 2. The molecule has 1 heterocycles. The quantitative estimate of drug-likeness (QED) is 0.532. The molecular formula is C19H16N2O2S. The lowest BCUT2D eigenvalue weighted by atomic mass is 10.1. The molecule has 3 rings (SSSR count). The molecule has 1 amide bonds. The molecular weight excluding hydrogens is 320 g/mol. The molecule has 0 bridgehead atoms. The van der Waals surface area contributed by atoms with Crippen LogP contribution in [0, 0.1) is 0 Å². The number of nitrogens with one attached hydrogen (secondary N) is 2. The maximum atomic E-state index is 12.8. The van der Waals surface area contributed by atoms with Gasteiger partial charge in [-0.2, -0.15) is 0 Å².